The van der Waals surface area contributed by atoms with Gasteiger partial charge in [0.2, 0.25) is 0 Å². The Kier molecular flexibility index (Phi) is 3.67. The molecule has 1 unspecified atom stereocenters. The molecule has 0 aliphatic carbocycles. The maximum atomic E-state index is 6.00. The van der Waals surface area contributed by atoms with E-state index >= 15 is 0 Å². The van der Waals surface area contributed by atoms with Gasteiger partial charge in [-0.25, -0.2) is 0 Å². The summed E-state index contributed by atoms with van der Waals surface area (Å²) in [5, 5.41) is 5.39. The first-order valence-corrected chi connectivity index (χ1v) is 6.33. The predicted octanol–water partition coefficient (Wildman–Crippen LogP) is 3.53. The van der Waals surface area contributed by atoms with Crippen molar-refractivity contribution in [2.45, 2.75) is 39.2 Å². The van der Waals surface area contributed by atoms with Crippen LogP contribution in [0, 0.1) is 0 Å². The maximum absolute atomic E-state index is 6.00. The lowest BCUT2D eigenvalue weighted by Crippen LogP contribution is -2.14. The molecule has 2 rings (SSSR count). The van der Waals surface area contributed by atoms with E-state index in [1.807, 2.05) is 24.0 Å². The third-order valence-electron chi connectivity index (χ3n) is 3.09. The van der Waals surface area contributed by atoms with Crippen molar-refractivity contribution < 1.29 is 4.74 Å². The molecule has 1 heterocycles. The zero-order valence-corrected chi connectivity index (χ0v) is 10.8. The van der Waals surface area contributed by atoms with E-state index in [0.29, 0.717) is 6.10 Å². The molecule has 0 fully saturated rings. The van der Waals surface area contributed by atoms with Crippen molar-refractivity contribution in [2.75, 3.05) is 0 Å². The van der Waals surface area contributed by atoms with Gasteiger partial charge in [0.1, 0.15) is 5.75 Å². The monoisotopic (exact) mass is 232 g/mol. The second kappa shape index (κ2) is 5.21. The lowest BCUT2D eigenvalue weighted by Gasteiger charge is -2.16. The molecule has 2 aromatic rings. The van der Waals surface area contributed by atoms with Crippen LogP contribution in [0.25, 0.3) is 10.9 Å². The van der Waals surface area contributed by atoms with Crippen LogP contribution in [0.15, 0.2) is 24.4 Å². The summed E-state index contributed by atoms with van der Waals surface area (Å²) in [5.41, 5.74) is 1.12. The van der Waals surface area contributed by atoms with Crippen molar-refractivity contribution >= 4 is 10.9 Å². The van der Waals surface area contributed by atoms with E-state index in [1.54, 1.807) is 0 Å². The fraction of sp³-hybridized carbons (Fsp3) is 0.500. The molecule has 0 saturated heterocycles. The fourth-order valence-electron chi connectivity index (χ4n) is 2.06. The number of hydrogen-bond acceptors (Lipinski definition) is 2. The molecule has 0 spiro atoms. The molecular formula is C14H20N2O. The van der Waals surface area contributed by atoms with Crippen molar-refractivity contribution in [2.24, 2.45) is 7.05 Å². The summed E-state index contributed by atoms with van der Waals surface area (Å²) < 4.78 is 7.87. The molecule has 0 N–H and O–H groups in total. The maximum Gasteiger partial charge on any atom is 0.121 e. The largest absolute Gasteiger partial charge is 0.490 e. The van der Waals surface area contributed by atoms with E-state index in [2.05, 4.69) is 31.1 Å². The van der Waals surface area contributed by atoms with Crippen LogP contribution < -0.4 is 4.74 Å². The van der Waals surface area contributed by atoms with Crippen LogP contribution in [0.1, 0.15) is 33.1 Å². The first-order valence-electron chi connectivity index (χ1n) is 6.33. The van der Waals surface area contributed by atoms with Crippen molar-refractivity contribution in [3.63, 3.8) is 0 Å². The van der Waals surface area contributed by atoms with Crippen LogP contribution in [0.3, 0.4) is 0 Å². The van der Waals surface area contributed by atoms with Gasteiger partial charge in [0.15, 0.2) is 0 Å². The van der Waals surface area contributed by atoms with E-state index < -0.39 is 0 Å². The van der Waals surface area contributed by atoms with Gasteiger partial charge >= 0.3 is 0 Å². The Labute approximate surface area is 102 Å². The molecule has 0 aliphatic heterocycles. The summed E-state index contributed by atoms with van der Waals surface area (Å²) in [6.45, 7) is 4.36. The van der Waals surface area contributed by atoms with Gasteiger partial charge in [0, 0.05) is 18.5 Å². The lowest BCUT2D eigenvalue weighted by atomic mass is 10.1. The standard InChI is InChI=1S/C14H20N2O/c1-4-6-12(5-2)17-13-8-7-11-10-15-16(3)14(11)9-13/h7-10,12H,4-6H2,1-3H3. The number of aromatic nitrogens is 2. The number of ether oxygens (including phenoxy) is 1. The van der Waals surface area contributed by atoms with Crippen LogP contribution in [-0.2, 0) is 7.05 Å². The number of nitrogens with zero attached hydrogens (tertiary/aromatic N) is 2. The summed E-state index contributed by atoms with van der Waals surface area (Å²) in [7, 11) is 1.95. The molecule has 0 radical (unpaired) electrons. The first-order chi connectivity index (χ1) is 8.24. The minimum Gasteiger partial charge on any atom is -0.490 e. The van der Waals surface area contributed by atoms with Crippen LogP contribution in [0.2, 0.25) is 0 Å². The molecule has 1 aromatic carbocycles. The minimum atomic E-state index is 0.325. The molecule has 17 heavy (non-hydrogen) atoms. The topological polar surface area (TPSA) is 27.1 Å². The Balaban J connectivity index is 2.20. The molecule has 0 aliphatic rings. The second-order valence-corrected chi connectivity index (χ2v) is 4.43. The zero-order valence-electron chi connectivity index (χ0n) is 10.8. The van der Waals surface area contributed by atoms with Crippen LogP contribution in [-0.4, -0.2) is 15.9 Å². The van der Waals surface area contributed by atoms with Crippen molar-refractivity contribution in [3.05, 3.63) is 24.4 Å². The van der Waals surface area contributed by atoms with Gasteiger partial charge in [-0.2, -0.15) is 5.10 Å². The number of benzene rings is 1. The van der Waals surface area contributed by atoms with Gasteiger partial charge in [0.25, 0.3) is 0 Å². The molecule has 0 saturated carbocycles. The van der Waals surface area contributed by atoms with E-state index in [9.17, 15) is 0 Å². The zero-order chi connectivity index (χ0) is 12.3. The number of aryl methyl sites for hydroxylation is 1. The quantitative estimate of drug-likeness (QED) is 0.788. The smallest absolute Gasteiger partial charge is 0.121 e. The van der Waals surface area contributed by atoms with Crippen LogP contribution >= 0.6 is 0 Å². The summed E-state index contributed by atoms with van der Waals surface area (Å²) >= 11 is 0. The van der Waals surface area contributed by atoms with E-state index in [0.717, 1.165) is 35.9 Å². The average Bonchev–Trinajstić information content (AvgIpc) is 2.70. The van der Waals surface area contributed by atoms with E-state index in [4.69, 9.17) is 4.74 Å². The Hall–Kier alpha value is -1.51. The molecule has 1 aromatic heterocycles. The third kappa shape index (κ3) is 2.60. The molecular weight excluding hydrogens is 212 g/mol. The van der Waals surface area contributed by atoms with Gasteiger partial charge < -0.3 is 4.74 Å². The summed E-state index contributed by atoms with van der Waals surface area (Å²) in [4.78, 5) is 0. The van der Waals surface area contributed by atoms with E-state index in [-0.39, 0.29) is 0 Å². The number of hydrogen-bond donors (Lipinski definition) is 0. The van der Waals surface area contributed by atoms with Crippen molar-refractivity contribution in [3.8, 4) is 5.75 Å². The Morgan fingerprint density at radius 3 is 2.88 bits per heavy atom. The van der Waals surface area contributed by atoms with Gasteiger partial charge in [0.05, 0.1) is 17.8 Å². The molecule has 3 nitrogen and oxygen atoms in total. The fourth-order valence-corrected chi connectivity index (χ4v) is 2.06. The SMILES string of the molecule is CCCC(CC)Oc1ccc2cnn(C)c2c1. The summed E-state index contributed by atoms with van der Waals surface area (Å²) in [5.74, 6) is 0.946. The van der Waals surface area contributed by atoms with Gasteiger partial charge in [-0.15, -0.1) is 0 Å². The highest BCUT2D eigenvalue weighted by Crippen LogP contribution is 2.22. The van der Waals surface area contributed by atoms with Crippen molar-refractivity contribution in [1.82, 2.24) is 9.78 Å². The molecule has 3 heteroatoms. The lowest BCUT2D eigenvalue weighted by molar-refractivity contribution is 0.186. The minimum absolute atomic E-state index is 0.325. The van der Waals surface area contributed by atoms with Gasteiger partial charge in [-0.1, -0.05) is 20.3 Å². The van der Waals surface area contributed by atoms with Crippen molar-refractivity contribution in [1.29, 1.82) is 0 Å². The average molecular weight is 232 g/mol. The van der Waals surface area contributed by atoms with Crippen LogP contribution in [0.5, 0.6) is 5.75 Å². The van der Waals surface area contributed by atoms with Gasteiger partial charge in [-0.3, -0.25) is 4.68 Å². The van der Waals surface area contributed by atoms with Crippen LogP contribution in [0.4, 0.5) is 0 Å². The van der Waals surface area contributed by atoms with E-state index in [1.165, 1.54) is 0 Å². The Morgan fingerprint density at radius 1 is 1.35 bits per heavy atom. The molecule has 0 bridgehead atoms. The number of fused-ring (bicyclic) bond motifs is 1. The highest BCUT2D eigenvalue weighted by molar-refractivity contribution is 5.79. The Bertz CT molecular complexity index is 490. The first kappa shape index (κ1) is 12.0. The highest BCUT2D eigenvalue weighted by Gasteiger charge is 2.08. The highest BCUT2D eigenvalue weighted by atomic mass is 16.5. The third-order valence-corrected chi connectivity index (χ3v) is 3.09. The second-order valence-electron chi connectivity index (χ2n) is 4.43. The predicted molar refractivity (Wildman–Crippen MR) is 70.3 cm³/mol. The Morgan fingerprint density at radius 2 is 2.18 bits per heavy atom. The molecule has 1 atom stereocenters. The number of rotatable bonds is 5. The van der Waals surface area contributed by atoms with Gasteiger partial charge in [-0.05, 0) is 25.0 Å². The summed E-state index contributed by atoms with van der Waals surface area (Å²) in [6.07, 6.45) is 5.53. The molecule has 0 amide bonds. The summed E-state index contributed by atoms with van der Waals surface area (Å²) in [6, 6.07) is 6.17. The normalized spacial score (nSPS) is 12.9. The molecule has 92 valence electrons.